The molecule has 0 aliphatic carbocycles. The molecular weight excluding hydrogens is 226 g/mol. The monoisotopic (exact) mass is 240 g/mol. The lowest BCUT2D eigenvalue weighted by molar-refractivity contribution is -0.118. The Morgan fingerprint density at radius 2 is 2.18 bits per heavy atom. The number of nitrogens with zero attached hydrogens (tertiary/aromatic N) is 1. The van der Waals surface area contributed by atoms with Gasteiger partial charge in [0.05, 0.1) is 6.04 Å². The number of halogens is 2. The third-order valence-electron chi connectivity index (χ3n) is 2.87. The first-order valence-corrected chi connectivity index (χ1v) is 5.63. The van der Waals surface area contributed by atoms with Gasteiger partial charge in [-0.2, -0.15) is 0 Å². The summed E-state index contributed by atoms with van der Waals surface area (Å²) in [5.41, 5.74) is 0.411. The van der Waals surface area contributed by atoms with E-state index < -0.39 is 11.6 Å². The maximum atomic E-state index is 13.1. The molecule has 1 heterocycles. The van der Waals surface area contributed by atoms with E-state index in [4.69, 9.17) is 0 Å². The highest BCUT2D eigenvalue weighted by Gasteiger charge is 2.31. The quantitative estimate of drug-likeness (QED) is 0.871. The summed E-state index contributed by atoms with van der Waals surface area (Å²) in [5.74, 6) is -1.91. The average molecular weight is 240 g/mol. The van der Waals surface area contributed by atoms with Gasteiger partial charge in [0.15, 0.2) is 11.6 Å². The maximum absolute atomic E-state index is 13.1. The van der Waals surface area contributed by atoms with Crippen molar-refractivity contribution in [1.29, 1.82) is 0 Å². The lowest BCUT2D eigenvalue weighted by Gasteiger charge is -2.17. The van der Waals surface area contributed by atoms with Crippen molar-refractivity contribution in [2.45, 2.75) is 19.4 Å². The minimum Gasteiger partial charge on any atom is -0.311 e. The molecule has 92 valence electrons. The molecule has 0 saturated carbocycles. The molecule has 1 amide bonds. The van der Waals surface area contributed by atoms with Gasteiger partial charge in [-0.15, -0.1) is 0 Å². The molecule has 1 aromatic rings. The van der Waals surface area contributed by atoms with E-state index in [1.165, 1.54) is 11.0 Å². The topological polar surface area (TPSA) is 32.3 Å². The van der Waals surface area contributed by atoms with Crippen LogP contribution in [-0.4, -0.2) is 25.0 Å². The molecule has 0 radical (unpaired) electrons. The molecule has 1 aliphatic rings. The smallest absolute Gasteiger partial charge is 0.244 e. The number of carbonyl (C=O) groups is 1. The van der Waals surface area contributed by atoms with E-state index in [2.05, 4.69) is 5.32 Å². The summed E-state index contributed by atoms with van der Waals surface area (Å²) in [6.07, 6.45) is 0.686. The minimum atomic E-state index is -0.929. The van der Waals surface area contributed by atoms with Crippen LogP contribution < -0.4 is 10.2 Å². The predicted molar refractivity (Wildman–Crippen MR) is 60.8 cm³/mol. The van der Waals surface area contributed by atoms with Crippen molar-refractivity contribution in [3.63, 3.8) is 0 Å². The van der Waals surface area contributed by atoms with Crippen LogP contribution in [0.4, 0.5) is 14.5 Å². The zero-order valence-corrected chi connectivity index (χ0v) is 9.54. The summed E-state index contributed by atoms with van der Waals surface area (Å²) >= 11 is 0. The summed E-state index contributed by atoms with van der Waals surface area (Å²) < 4.78 is 25.9. The molecule has 3 nitrogen and oxygen atoms in total. The molecule has 1 atom stereocenters. The molecular formula is C12H14F2N2O. The number of amides is 1. The Kier molecular flexibility index (Phi) is 3.38. The Bertz CT molecular complexity index is 437. The summed E-state index contributed by atoms with van der Waals surface area (Å²) in [4.78, 5) is 13.4. The zero-order valence-electron chi connectivity index (χ0n) is 9.54. The van der Waals surface area contributed by atoms with E-state index in [9.17, 15) is 13.6 Å². The van der Waals surface area contributed by atoms with Crippen LogP contribution in [-0.2, 0) is 4.79 Å². The van der Waals surface area contributed by atoms with Gasteiger partial charge in [-0.05, 0) is 25.1 Å². The van der Waals surface area contributed by atoms with Gasteiger partial charge in [0.2, 0.25) is 5.91 Å². The highest BCUT2D eigenvalue weighted by Crippen LogP contribution is 2.23. The summed E-state index contributed by atoms with van der Waals surface area (Å²) in [6, 6.07) is 3.30. The largest absolute Gasteiger partial charge is 0.311 e. The lowest BCUT2D eigenvalue weighted by Crippen LogP contribution is -2.38. The van der Waals surface area contributed by atoms with Crippen molar-refractivity contribution >= 4 is 11.6 Å². The molecule has 17 heavy (non-hydrogen) atoms. The van der Waals surface area contributed by atoms with E-state index in [0.29, 0.717) is 25.2 Å². The van der Waals surface area contributed by atoms with E-state index in [1.54, 1.807) is 0 Å². The number of anilines is 1. The number of hydrogen-bond donors (Lipinski definition) is 1. The van der Waals surface area contributed by atoms with Crippen LogP contribution in [0.2, 0.25) is 0 Å². The molecule has 1 aliphatic heterocycles. The highest BCUT2D eigenvalue weighted by atomic mass is 19.2. The van der Waals surface area contributed by atoms with E-state index in [0.717, 1.165) is 12.1 Å². The highest BCUT2D eigenvalue weighted by molar-refractivity contribution is 5.99. The van der Waals surface area contributed by atoms with Crippen molar-refractivity contribution in [3.8, 4) is 0 Å². The Labute approximate surface area is 98.4 Å². The first kappa shape index (κ1) is 12.0. The van der Waals surface area contributed by atoms with Crippen molar-refractivity contribution in [2.75, 3.05) is 18.0 Å². The zero-order chi connectivity index (χ0) is 12.4. The molecule has 0 aromatic heterocycles. The van der Waals surface area contributed by atoms with Gasteiger partial charge in [-0.1, -0.05) is 6.92 Å². The summed E-state index contributed by atoms with van der Waals surface area (Å²) in [6.45, 7) is 3.16. The fourth-order valence-electron chi connectivity index (χ4n) is 2.03. The Morgan fingerprint density at radius 3 is 2.82 bits per heavy atom. The van der Waals surface area contributed by atoms with E-state index in [-0.39, 0.29) is 11.9 Å². The van der Waals surface area contributed by atoms with Crippen molar-refractivity contribution < 1.29 is 13.6 Å². The van der Waals surface area contributed by atoms with Crippen LogP contribution in [0.5, 0.6) is 0 Å². The van der Waals surface area contributed by atoms with Gasteiger partial charge >= 0.3 is 0 Å². The van der Waals surface area contributed by atoms with Gasteiger partial charge in [-0.3, -0.25) is 4.79 Å². The van der Waals surface area contributed by atoms with Gasteiger partial charge in [0.25, 0.3) is 0 Å². The van der Waals surface area contributed by atoms with Crippen molar-refractivity contribution in [1.82, 2.24) is 5.32 Å². The second-order valence-corrected chi connectivity index (χ2v) is 3.99. The third kappa shape index (κ3) is 2.29. The van der Waals surface area contributed by atoms with Crippen LogP contribution in [0, 0.1) is 11.6 Å². The fraction of sp³-hybridized carbons (Fsp3) is 0.417. The number of likely N-dealkylation sites (N-methyl/N-ethyl adjacent to an activating group) is 1. The van der Waals surface area contributed by atoms with Crippen LogP contribution in [0.15, 0.2) is 18.2 Å². The van der Waals surface area contributed by atoms with E-state index >= 15 is 0 Å². The molecule has 1 fully saturated rings. The Hall–Kier alpha value is -1.49. The van der Waals surface area contributed by atoms with Gasteiger partial charge in [-0.25, -0.2) is 8.78 Å². The maximum Gasteiger partial charge on any atom is 0.244 e. The van der Waals surface area contributed by atoms with Crippen LogP contribution in [0.3, 0.4) is 0 Å². The number of benzene rings is 1. The molecule has 5 heteroatoms. The second kappa shape index (κ2) is 4.79. The molecule has 1 N–H and O–H groups in total. The fourth-order valence-corrected chi connectivity index (χ4v) is 2.03. The molecule has 0 spiro atoms. The van der Waals surface area contributed by atoms with Crippen LogP contribution in [0.1, 0.15) is 13.3 Å². The standard InChI is InChI=1S/C12H14F2N2O/c1-2-15-11-5-6-16(12(11)17)8-3-4-9(13)10(14)7-8/h3-4,7,11,15H,2,5-6H2,1H3. The Morgan fingerprint density at radius 1 is 1.41 bits per heavy atom. The second-order valence-electron chi connectivity index (χ2n) is 3.99. The number of nitrogens with one attached hydrogen (secondary N) is 1. The summed E-state index contributed by atoms with van der Waals surface area (Å²) in [7, 11) is 0. The van der Waals surface area contributed by atoms with Crippen molar-refractivity contribution in [2.24, 2.45) is 0 Å². The summed E-state index contributed by atoms with van der Waals surface area (Å²) in [5, 5.41) is 3.06. The first-order chi connectivity index (χ1) is 8.13. The third-order valence-corrected chi connectivity index (χ3v) is 2.87. The molecule has 1 saturated heterocycles. The van der Waals surface area contributed by atoms with Gasteiger partial charge in [0.1, 0.15) is 0 Å². The van der Waals surface area contributed by atoms with Crippen molar-refractivity contribution in [3.05, 3.63) is 29.8 Å². The molecule has 1 unspecified atom stereocenters. The number of hydrogen-bond acceptors (Lipinski definition) is 2. The molecule has 1 aromatic carbocycles. The molecule has 2 rings (SSSR count). The van der Waals surface area contributed by atoms with Gasteiger partial charge in [0, 0.05) is 18.3 Å². The number of carbonyl (C=O) groups excluding carboxylic acids is 1. The predicted octanol–water partition coefficient (Wildman–Crippen LogP) is 1.68. The number of rotatable bonds is 3. The normalized spacial score (nSPS) is 20.1. The van der Waals surface area contributed by atoms with Gasteiger partial charge < -0.3 is 10.2 Å². The Balaban J connectivity index is 2.18. The van der Waals surface area contributed by atoms with E-state index in [1.807, 2.05) is 6.92 Å². The first-order valence-electron chi connectivity index (χ1n) is 5.63. The molecule has 0 bridgehead atoms. The lowest BCUT2D eigenvalue weighted by atomic mass is 10.2. The average Bonchev–Trinajstić information content (AvgIpc) is 2.66. The SMILES string of the molecule is CCNC1CCN(c2ccc(F)c(F)c2)C1=O. The van der Waals surface area contributed by atoms with Crippen LogP contribution >= 0.6 is 0 Å². The minimum absolute atomic E-state index is 0.0853. The van der Waals surface area contributed by atoms with Crippen LogP contribution in [0.25, 0.3) is 0 Å².